The first-order valence-electron chi connectivity index (χ1n) is 0. The Morgan fingerprint density at radius 1 is 0.500 bits per heavy atom. The number of hydrogen-bond donors (Lipinski definition) is 0. The molecule has 0 N–H and O–H groups in total. The molecule has 0 rings (SSSR count). The standard InChI is InChI=1S/2BrH.2ClH.2Sn.4H/h4*1H;;;;;;/q;;;;2*+2;;;;/p-4. The zero-order valence-corrected chi connectivity index (χ0v) is 15.7. The minimum atomic E-state index is 0. The summed E-state index contributed by atoms with van der Waals surface area (Å²) >= 11 is 0. The fraction of sp³-hybridized carbons (Fsp3) is 0. The molecular formula is H4Br2Cl2Sn2. The summed E-state index contributed by atoms with van der Waals surface area (Å²) in [5.41, 5.74) is 0. The molecule has 0 unspecified atom stereocenters. The van der Waals surface area contributed by atoms with Gasteiger partial charge >= 0.3 is 47.8 Å². The first-order valence-corrected chi connectivity index (χ1v) is 0. The fourth-order valence-electron chi connectivity index (χ4n) is 0. The maximum atomic E-state index is 0. The van der Waals surface area contributed by atoms with Gasteiger partial charge in [-0.2, -0.15) is 0 Å². The Hall–Kier alpha value is 3.14. The molecule has 0 saturated heterocycles. The number of rotatable bonds is 0. The van der Waals surface area contributed by atoms with Gasteiger partial charge in [0.25, 0.3) is 0 Å². The third kappa shape index (κ3) is 27.3. The van der Waals surface area contributed by atoms with Crippen molar-refractivity contribution in [2.45, 2.75) is 0 Å². The molecule has 0 aliphatic carbocycles. The van der Waals surface area contributed by atoms with Crippen molar-refractivity contribution in [1.29, 1.82) is 0 Å². The molecule has 0 heterocycles. The fourth-order valence-corrected chi connectivity index (χ4v) is 0. The summed E-state index contributed by atoms with van der Waals surface area (Å²) in [7, 11) is 0. The molecule has 6 heavy (non-hydrogen) atoms. The Kier molecular flexibility index (Phi) is 431. The molecule has 6 heteroatoms. The van der Waals surface area contributed by atoms with E-state index in [1.54, 1.807) is 0 Å². The average Bonchev–Trinajstić information content (AvgIpc) is 0. The quantitative estimate of drug-likeness (QED) is 0.308. The van der Waals surface area contributed by atoms with Crippen LogP contribution in [-0.2, 0) is 0 Å². The van der Waals surface area contributed by atoms with Crippen molar-refractivity contribution >= 4 is 47.8 Å². The molecule has 0 amide bonds. The van der Waals surface area contributed by atoms with Crippen molar-refractivity contribution < 1.29 is 58.8 Å². The molecule has 0 fully saturated rings. The molecule has 0 aromatic heterocycles. The van der Waals surface area contributed by atoms with Crippen LogP contribution in [0.15, 0.2) is 0 Å². The molecular weight excluding hydrogens is 468 g/mol. The Morgan fingerprint density at radius 2 is 0.500 bits per heavy atom. The van der Waals surface area contributed by atoms with Crippen molar-refractivity contribution in [3.05, 3.63) is 0 Å². The monoisotopic (exact) mass is 472 g/mol. The Bertz CT molecular complexity index is 9.51. The van der Waals surface area contributed by atoms with E-state index in [-0.39, 0.29) is 107 Å². The van der Waals surface area contributed by atoms with Crippen LogP contribution >= 0.6 is 0 Å². The molecule has 0 aromatic rings. The molecule has 0 atom stereocenters. The van der Waals surface area contributed by atoms with Crippen LogP contribution in [0.3, 0.4) is 0 Å². The van der Waals surface area contributed by atoms with Crippen LogP contribution in [-0.4, -0.2) is 47.8 Å². The normalized spacial score (nSPS) is 0. The van der Waals surface area contributed by atoms with Gasteiger partial charge in [-0.15, -0.1) is 0 Å². The van der Waals surface area contributed by atoms with Gasteiger partial charge in [0, 0.05) is 0 Å². The van der Waals surface area contributed by atoms with Crippen molar-refractivity contribution in [3.63, 3.8) is 0 Å². The van der Waals surface area contributed by atoms with Crippen molar-refractivity contribution in [3.8, 4) is 0 Å². The van der Waals surface area contributed by atoms with Gasteiger partial charge in [0.15, 0.2) is 0 Å². The van der Waals surface area contributed by atoms with Gasteiger partial charge in [0.1, 0.15) is 0 Å². The van der Waals surface area contributed by atoms with Crippen molar-refractivity contribution in [2.75, 3.05) is 0 Å². The summed E-state index contributed by atoms with van der Waals surface area (Å²) in [6, 6.07) is 0. The van der Waals surface area contributed by atoms with Crippen LogP contribution in [0, 0.1) is 0 Å². The van der Waals surface area contributed by atoms with Crippen molar-refractivity contribution in [2.24, 2.45) is 0 Å². The topological polar surface area (TPSA) is 0 Å². The summed E-state index contributed by atoms with van der Waals surface area (Å²) in [6.07, 6.45) is 0. The number of halogens is 4. The van der Waals surface area contributed by atoms with E-state index >= 15 is 0 Å². The Balaban J connectivity index is 0. The molecule has 0 spiro atoms. The zero-order valence-electron chi connectivity index (χ0n) is 2.93. The van der Waals surface area contributed by atoms with Crippen LogP contribution in [0.1, 0.15) is 0 Å². The van der Waals surface area contributed by atoms with E-state index in [9.17, 15) is 0 Å². The van der Waals surface area contributed by atoms with E-state index in [0.29, 0.717) is 0 Å². The maximum absolute atomic E-state index is 0. The van der Waals surface area contributed by atoms with Crippen molar-refractivity contribution in [1.82, 2.24) is 0 Å². The Morgan fingerprint density at radius 3 is 0.500 bits per heavy atom. The molecule has 0 aromatic carbocycles. The van der Waals surface area contributed by atoms with E-state index in [4.69, 9.17) is 0 Å². The predicted molar refractivity (Wildman–Crippen MR) is 17.1 cm³/mol. The SMILES string of the molecule is [Br-].[Br-].[Cl-].[Cl-].[SnH2+2].[SnH2+2]. The molecule has 0 bridgehead atoms. The predicted octanol–water partition coefficient (Wildman–Crippen LogP) is -13.8. The van der Waals surface area contributed by atoms with Gasteiger partial charge in [0.2, 0.25) is 0 Å². The van der Waals surface area contributed by atoms with Crippen LogP contribution in [0.25, 0.3) is 0 Å². The molecule has 0 aliphatic heterocycles. The van der Waals surface area contributed by atoms with Crippen LogP contribution in [0.4, 0.5) is 0 Å². The van der Waals surface area contributed by atoms with E-state index < -0.39 is 0 Å². The van der Waals surface area contributed by atoms with Crippen LogP contribution in [0.5, 0.6) is 0 Å². The van der Waals surface area contributed by atoms with E-state index in [1.165, 1.54) is 0 Å². The summed E-state index contributed by atoms with van der Waals surface area (Å²) in [5.74, 6) is 0. The molecule has 0 saturated carbocycles. The Labute approximate surface area is 105 Å². The van der Waals surface area contributed by atoms with Gasteiger partial charge in [-0.1, -0.05) is 0 Å². The first kappa shape index (κ1) is 61.5. The van der Waals surface area contributed by atoms with Gasteiger partial charge in [-0.25, -0.2) is 0 Å². The third-order valence-corrected chi connectivity index (χ3v) is 0. The van der Waals surface area contributed by atoms with E-state index in [1.807, 2.05) is 0 Å². The first-order chi connectivity index (χ1) is 0. The average molecular weight is 472 g/mol. The summed E-state index contributed by atoms with van der Waals surface area (Å²) in [6.45, 7) is 0. The van der Waals surface area contributed by atoms with Gasteiger partial charge in [0.05, 0.1) is 0 Å². The van der Waals surface area contributed by atoms with Crippen LogP contribution in [0.2, 0.25) is 0 Å². The van der Waals surface area contributed by atoms with Gasteiger partial charge < -0.3 is 58.8 Å². The summed E-state index contributed by atoms with van der Waals surface area (Å²) < 4.78 is 0. The summed E-state index contributed by atoms with van der Waals surface area (Å²) in [5, 5.41) is 0. The molecule has 0 aliphatic rings. The van der Waals surface area contributed by atoms with E-state index in [0.717, 1.165) is 0 Å². The second kappa shape index (κ2) is 42.1. The molecule has 40 valence electrons. The van der Waals surface area contributed by atoms with Crippen LogP contribution < -0.4 is 58.8 Å². The van der Waals surface area contributed by atoms with E-state index in [2.05, 4.69) is 0 Å². The third-order valence-electron chi connectivity index (χ3n) is 0. The summed E-state index contributed by atoms with van der Waals surface area (Å²) in [4.78, 5) is 0. The van der Waals surface area contributed by atoms with Gasteiger partial charge in [-0.05, 0) is 0 Å². The van der Waals surface area contributed by atoms with Gasteiger partial charge in [-0.3, -0.25) is 0 Å². The second-order valence-corrected chi connectivity index (χ2v) is 0. The molecule has 0 nitrogen and oxygen atoms in total. The number of hydrogen-bond acceptors (Lipinski definition) is 0. The zero-order chi connectivity index (χ0) is 0. The minimum absolute atomic E-state index is 0. The second-order valence-electron chi connectivity index (χ2n) is 0. The molecule has 0 radical (unpaired) electrons.